The lowest BCUT2D eigenvalue weighted by Gasteiger charge is -2.32. The van der Waals surface area contributed by atoms with Gasteiger partial charge in [-0.3, -0.25) is 4.84 Å². The Hall–Kier alpha value is -0.370. The first-order valence-corrected chi connectivity index (χ1v) is 5.23. The fourth-order valence-electron chi connectivity index (χ4n) is 2.17. The van der Waals surface area contributed by atoms with Crippen LogP contribution in [-0.2, 0) is 9.57 Å². The number of hydroxylamine groups is 2. The van der Waals surface area contributed by atoms with Crippen molar-refractivity contribution in [2.45, 2.75) is 31.4 Å². The van der Waals surface area contributed by atoms with Crippen molar-refractivity contribution in [2.75, 3.05) is 19.7 Å². The van der Waals surface area contributed by atoms with E-state index >= 15 is 0 Å². The highest BCUT2D eigenvalue weighted by atomic mass is 19.4. The maximum absolute atomic E-state index is 12.2. The van der Waals surface area contributed by atoms with Crippen LogP contribution in [0.25, 0.3) is 0 Å². The van der Waals surface area contributed by atoms with Crippen molar-refractivity contribution in [3.63, 3.8) is 0 Å². The number of aliphatic hydroxyl groups is 1. The van der Waals surface area contributed by atoms with E-state index in [2.05, 4.69) is 0 Å². The summed E-state index contributed by atoms with van der Waals surface area (Å²) in [5.41, 5.74) is 0. The SMILES string of the molecule is OCC[C@H]1C[C@H]2CN(CC(F)(F)F)O[C@@H]1O2. The number of aliphatic hydroxyl groups excluding tert-OH is 1. The van der Waals surface area contributed by atoms with E-state index in [1.807, 2.05) is 0 Å². The number of rotatable bonds is 3. The third-order valence-corrected chi connectivity index (χ3v) is 2.79. The van der Waals surface area contributed by atoms with E-state index in [1.54, 1.807) is 0 Å². The second kappa shape index (κ2) is 4.48. The minimum atomic E-state index is -4.26. The highest BCUT2D eigenvalue weighted by Crippen LogP contribution is 2.35. The summed E-state index contributed by atoms with van der Waals surface area (Å²) in [7, 11) is 0. The molecule has 2 fully saturated rings. The van der Waals surface area contributed by atoms with Crippen LogP contribution in [0.15, 0.2) is 0 Å². The second-order valence-electron chi connectivity index (χ2n) is 4.18. The number of hydrogen-bond donors (Lipinski definition) is 1. The van der Waals surface area contributed by atoms with E-state index < -0.39 is 19.0 Å². The lowest BCUT2D eigenvalue weighted by molar-refractivity contribution is -0.346. The van der Waals surface area contributed by atoms with Crippen molar-refractivity contribution >= 4 is 0 Å². The molecule has 0 amide bonds. The predicted octanol–water partition coefficient (Wildman–Crippen LogP) is 0.909. The second-order valence-corrected chi connectivity index (χ2v) is 4.18. The third-order valence-electron chi connectivity index (χ3n) is 2.79. The Kier molecular flexibility index (Phi) is 3.39. The van der Waals surface area contributed by atoms with Crippen molar-refractivity contribution in [3.8, 4) is 0 Å². The van der Waals surface area contributed by atoms with Crippen LogP contribution in [0.2, 0.25) is 0 Å². The van der Waals surface area contributed by atoms with Gasteiger partial charge in [0.2, 0.25) is 0 Å². The molecule has 2 bridgehead atoms. The van der Waals surface area contributed by atoms with Gasteiger partial charge in [0.05, 0.1) is 12.6 Å². The van der Waals surface area contributed by atoms with Gasteiger partial charge in [0.25, 0.3) is 0 Å². The highest BCUT2D eigenvalue weighted by Gasteiger charge is 2.44. The first-order chi connectivity index (χ1) is 7.48. The lowest BCUT2D eigenvalue weighted by Crippen LogP contribution is -2.45. The molecule has 0 aliphatic carbocycles. The molecule has 2 rings (SSSR count). The van der Waals surface area contributed by atoms with E-state index in [4.69, 9.17) is 14.7 Å². The zero-order valence-electron chi connectivity index (χ0n) is 8.61. The number of halogens is 3. The third kappa shape index (κ3) is 2.85. The minimum Gasteiger partial charge on any atom is -0.396 e. The van der Waals surface area contributed by atoms with Gasteiger partial charge in [-0.2, -0.15) is 18.2 Å². The molecule has 2 aliphatic rings. The molecule has 7 heteroatoms. The monoisotopic (exact) mass is 241 g/mol. The molecule has 0 spiro atoms. The molecule has 94 valence electrons. The van der Waals surface area contributed by atoms with E-state index in [1.165, 1.54) is 0 Å². The van der Waals surface area contributed by atoms with Crippen LogP contribution in [-0.4, -0.2) is 48.4 Å². The Labute approximate surface area is 90.9 Å². The van der Waals surface area contributed by atoms with Gasteiger partial charge in [0, 0.05) is 12.5 Å². The smallest absolute Gasteiger partial charge is 0.396 e. The van der Waals surface area contributed by atoms with Gasteiger partial charge in [0.15, 0.2) is 6.29 Å². The van der Waals surface area contributed by atoms with Gasteiger partial charge in [-0.25, -0.2) is 0 Å². The topological polar surface area (TPSA) is 41.9 Å². The Morgan fingerprint density at radius 2 is 2.12 bits per heavy atom. The van der Waals surface area contributed by atoms with E-state index in [-0.39, 0.29) is 25.2 Å². The van der Waals surface area contributed by atoms with Crippen molar-refractivity contribution in [2.24, 2.45) is 5.92 Å². The molecule has 0 aromatic rings. The Balaban J connectivity index is 1.90. The van der Waals surface area contributed by atoms with Crippen LogP contribution in [0.5, 0.6) is 0 Å². The lowest BCUT2D eigenvalue weighted by atomic mass is 10.0. The van der Waals surface area contributed by atoms with Gasteiger partial charge in [-0.1, -0.05) is 0 Å². The maximum Gasteiger partial charge on any atom is 0.403 e. The maximum atomic E-state index is 12.2. The summed E-state index contributed by atoms with van der Waals surface area (Å²) < 4.78 is 41.8. The Morgan fingerprint density at radius 1 is 1.38 bits per heavy atom. The van der Waals surface area contributed by atoms with Crippen molar-refractivity contribution in [3.05, 3.63) is 0 Å². The summed E-state index contributed by atoms with van der Waals surface area (Å²) in [5, 5.41) is 9.71. The van der Waals surface area contributed by atoms with Crippen LogP contribution in [0.1, 0.15) is 12.8 Å². The van der Waals surface area contributed by atoms with Crippen molar-refractivity contribution in [1.82, 2.24) is 5.06 Å². The minimum absolute atomic E-state index is 0.000122. The van der Waals surface area contributed by atoms with E-state index in [0.29, 0.717) is 12.8 Å². The van der Waals surface area contributed by atoms with Gasteiger partial charge in [-0.15, -0.1) is 0 Å². The molecule has 0 aromatic carbocycles. The highest BCUT2D eigenvalue weighted by molar-refractivity contribution is 4.82. The zero-order chi connectivity index (χ0) is 11.8. The quantitative estimate of drug-likeness (QED) is 0.797. The van der Waals surface area contributed by atoms with Gasteiger partial charge >= 0.3 is 6.18 Å². The number of hydrogen-bond acceptors (Lipinski definition) is 4. The standard InChI is InChI=1S/C9H14F3NO3/c10-9(11,12)5-13-4-7-3-6(1-2-14)8(15-7)16-13/h6-8,14H,1-5H2/t6-,7-,8-/m0/s1. The molecule has 0 saturated carbocycles. The molecule has 2 saturated heterocycles. The fraction of sp³-hybridized carbons (Fsp3) is 1.00. The fourth-order valence-corrected chi connectivity index (χ4v) is 2.17. The van der Waals surface area contributed by atoms with Gasteiger partial charge in [-0.05, 0) is 12.8 Å². The van der Waals surface area contributed by atoms with Gasteiger partial charge < -0.3 is 9.84 Å². The molecule has 1 N–H and O–H groups in total. The van der Waals surface area contributed by atoms with Crippen molar-refractivity contribution < 1.29 is 27.9 Å². The molecule has 2 aliphatic heterocycles. The molecule has 0 radical (unpaired) electrons. The van der Waals surface area contributed by atoms with Crippen LogP contribution >= 0.6 is 0 Å². The molecule has 3 atom stereocenters. The Morgan fingerprint density at radius 3 is 2.75 bits per heavy atom. The largest absolute Gasteiger partial charge is 0.403 e. The first kappa shape index (κ1) is 12.1. The summed E-state index contributed by atoms with van der Waals surface area (Å²) in [6, 6.07) is 0. The molecule has 4 nitrogen and oxygen atoms in total. The van der Waals surface area contributed by atoms with E-state index in [0.717, 1.165) is 5.06 Å². The molecular weight excluding hydrogens is 227 g/mol. The van der Waals surface area contributed by atoms with Crippen molar-refractivity contribution in [1.29, 1.82) is 0 Å². The molecule has 0 aromatic heterocycles. The number of ether oxygens (including phenoxy) is 1. The molecule has 16 heavy (non-hydrogen) atoms. The zero-order valence-corrected chi connectivity index (χ0v) is 8.61. The number of nitrogens with zero attached hydrogens (tertiary/aromatic N) is 1. The first-order valence-electron chi connectivity index (χ1n) is 5.23. The number of fused-ring (bicyclic) bond motifs is 2. The molecule has 0 unspecified atom stereocenters. The normalized spacial score (nSPS) is 35.6. The summed E-state index contributed by atoms with van der Waals surface area (Å²) in [6.07, 6.45) is -3.95. The number of alkyl halides is 3. The average molecular weight is 241 g/mol. The van der Waals surface area contributed by atoms with Crippen LogP contribution in [0.3, 0.4) is 0 Å². The summed E-state index contributed by atoms with van der Waals surface area (Å²) in [5.74, 6) is -0.00627. The van der Waals surface area contributed by atoms with Gasteiger partial charge in [0.1, 0.15) is 6.54 Å². The van der Waals surface area contributed by atoms with E-state index in [9.17, 15) is 13.2 Å². The van der Waals surface area contributed by atoms with Crippen LogP contribution < -0.4 is 0 Å². The summed E-state index contributed by atoms with van der Waals surface area (Å²) >= 11 is 0. The summed E-state index contributed by atoms with van der Waals surface area (Å²) in [4.78, 5) is 5.10. The predicted molar refractivity (Wildman–Crippen MR) is 47.2 cm³/mol. The average Bonchev–Trinajstić information content (AvgIpc) is 2.39. The van der Waals surface area contributed by atoms with Crippen LogP contribution in [0, 0.1) is 5.92 Å². The molecular formula is C9H14F3NO3. The van der Waals surface area contributed by atoms with Crippen LogP contribution in [0.4, 0.5) is 13.2 Å². The Bertz CT molecular complexity index is 249. The molecule has 2 heterocycles. The summed E-state index contributed by atoms with van der Waals surface area (Å²) in [6.45, 7) is -0.937.